The van der Waals surface area contributed by atoms with Gasteiger partial charge in [0.05, 0.1) is 5.69 Å². The lowest BCUT2D eigenvalue weighted by Gasteiger charge is -2.23. The Labute approximate surface area is 104 Å². The van der Waals surface area contributed by atoms with E-state index in [4.69, 9.17) is 17.3 Å². The first-order valence-electron chi connectivity index (χ1n) is 4.97. The molecule has 0 atom stereocenters. The van der Waals surface area contributed by atoms with Crippen LogP contribution in [0.4, 0.5) is 5.13 Å². The van der Waals surface area contributed by atoms with Gasteiger partial charge in [-0.3, -0.25) is 0 Å². The van der Waals surface area contributed by atoms with Gasteiger partial charge in [0.25, 0.3) is 0 Å². The molecular weight excluding hydrogens is 240 g/mol. The summed E-state index contributed by atoms with van der Waals surface area (Å²) < 4.78 is 0. The van der Waals surface area contributed by atoms with Crippen molar-refractivity contribution in [1.82, 2.24) is 4.98 Å². The number of hydrogen-bond acceptors (Lipinski definition) is 3. The van der Waals surface area contributed by atoms with Gasteiger partial charge in [-0.2, -0.15) is 0 Å². The molecule has 0 aliphatic rings. The lowest BCUT2D eigenvalue weighted by atomic mass is 9.82. The molecule has 2 aromatic rings. The molecule has 0 aliphatic heterocycles. The fourth-order valence-corrected chi connectivity index (χ4v) is 2.45. The molecule has 0 spiro atoms. The predicted octanol–water partition coefficient (Wildman–Crippen LogP) is 3.70. The van der Waals surface area contributed by atoms with Crippen molar-refractivity contribution >= 4 is 28.1 Å². The molecule has 0 bridgehead atoms. The lowest BCUT2D eigenvalue weighted by Crippen LogP contribution is -2.19. The molecule has 1 aromatic heterocycles. The van der Waals surface area contributed by atoms with Crippen molar-refractivity contribution in [2.75, 3.05) is 5.73 Å². The molecule has 0 unspecified atom stereocenters. The average Bonchev–Trinajstić information content (AvgIpc) is 2.66. The van der Waals surface area contributed by atoms with E-state index in [1.165, 1.54) is 16.9 Å². The summed E-state index contributed by atoms with van der Waals surface area (Å²) in [6.45, 7) is 4.26. The molecule has 0 fully saturated rings. The number of benzene rings is 1. The van der Waals surface area contributed by atoms with Crippen molar-refractivity contribution in [3.8, 4) is 0 Å². The van der Waals surface area contributed by atoms with Gasteiger partial charge in [-0.15, -0.1) is 11.3 Å². The Bertz CT molecular complexity index is 488. The quantitative estimate of drug-likeness (QED) is 0.885. The molecule has 0 amide bonds. The highest BCUT2D eigenvalue weighted by Gasteiger charge is 2.25. The summed E-state index contributed by atoms with van der Waals surface area (Å²) in [6.07, 6.45) is 0. The van der Waals surface area contributed by atoms with Crippen molar-refractivity contribution in [2.24, 2.45) is 0 Å². The van der Waals surface area contributed by atoms with Crippen LogP contribution in [0.3, 0.4) is 0 Å². The molecule has 4 heteroatoms. The number of halogens is 1. The van der Waals surface area contributed by atoms with Crippen molar-refractivity contribution < 1.29 is 0 Å². The van der Waals surface area contributed by atoms with Crippen LogP contribution in [-0.4, -0.2) is 4.98 Å². The largest absolute Gasteiger partial charge is 0.375 e. The molecule has 1 heterocycles. The third-order valence-electron chi connectivity index (χ3n) is 2.73. The summed E-state index contributed by atoms with van der Waals surface area (Å²) in [5, 5.41) is 3.36. The highest BCUT2D eigenvalue weighted by molar-refractivity contribution is 7.13. The molecule has 0 saturated heterocycles. The minimum atomic E-state index is -0.140. The van der Waals surface area contributed by atoms with Gasteiger partial charge in [0, 0.05) is 15.8 Å². The summed E-state index contributed by atoms with van der Waals surface area (Å²) in [4.78, 5) is 4.34. The first-order chi connectivity index (χ1) is 7.50. The maximum atomic E-state index is 5.88. The third-order valence-corrected chi connectivity index (χ3v) is 3.65. The van der Waals surface area contributed by atoms with E-state index in [-0.39, 0.29) is 5.41 Å². The third kappa shape index (κ3) is 2.06. The van der Waals surface area contributed by atoms with Gasteiger partial charge in [0.2, 0.25) is 0 Å². The van der Waals surface area contributed by atoms with E-state index < -0.39 is 0 Å². The monoisotopic (exact) mass is 252 g/mol. The highest BCUT2D eigenvalue weighted by Crippen LogP contribution is 2.33. The molecule has 0 radical (unpaired) electrons. The molecular formula is C12H13ClN2S. The molecule has 1 aromatic carbocycles. The zero-order valence-electron chi connectivity index (χ0n) is 9.20. The van der Waals surface area contributed by atoms with Gasteiger partial charge in [0.1, 0.15) is 0 Å². The Balaban J connectivity index is 2.42. The number of nitrogen functional groups attached to an aromatic ring is 1. The van der Waals surface area contributed by atoms with Gasteiger partial charge in [-0.05, 0) is 17.7 Å². The Morgan fingerprint density at radius 1 is 1.25 bits per heavy atom. The molecule has 2 N–H and O–H groups in total. The van der Waals surface area contributed by atoms with E-state index in [0.717, 1.165) is 10.7 Å². The second-order valence-corrected chi connectivity index (χ2v) is 5.53. The minimum absolute atomic E-state index is 0.140. The van der Waals surface area contributed by atoms with Crippen molar-refractivity contribution in [3.05, 3.63) is 45.9 Å². The van der Waals surface area contributed by atoms with Gasteiger partial charge < -0.3 is 5.73 Å². The van der Waals surface area contributed by atoms with E-state index in [1.807, 2.05) is 29.6 Å². The maximum Gasteiger partial charge on any atom is 0.180 e. The van der Waals surface area contributed by atoms with E-state index in [9.17, 15) is 0 Å². The SMILES string of the molecule is CC(C)(c1ccc(Cl)cc1)c1csc(N)n1. The van der Waals surface area contributed by atoms with Crippen LogP contribution in [0.1, 0.15) is 25.1 Å². The fourth-order valence-electron chi connectivity index (χ4n) is 1.59. The number of thiazole rings is 1. The van der Waals surface area contributed by atoms with Crippen molar-refractivity contribution in [1.29, 1.82) is 0 Å². The summed E-state index contributed by atoms with van der Waals surface area (Å²) >= 11 is 7.35. The van der Waals surface area contributed by atoms with E-state index in [0.29, 0.717) is 5.13 Å². The van der Waals surface area contributed by atoms with Crippen LogP contribution in [0.5, 0.6) is 0 Å². The van der Waals surface area contributed by atoms with Gasteiger partial charge in [-0.1, -0.05) is 37.6 Å². The molecule has 84 valence electrons. The topological polar surface area (TPSA) is 38.9 Å². The minimum Gasteiger partial charge on any atom is -0.375 e. The Morgan fingerprint density at radius 2 is 1.88 bits per heavy atom. The summed E-state index contributed by atoms with van der Waals surface area (Å²) in [5.74, 6) is 0. The lowest BCUT2D eigenvalue weighted by molar-refractivity contribution is 0.622. The van der Waals surface area contributed by atoms with Crippen LogP contribution in [0.15, 0.2) is 29.6 Å². The van der Waals surface area contributed by atoms with Crippen LogP contribution >= 0.6 is 22.9 Å². The van der Waals surface area contributed by atoms with Crippen LogP contribution in [0, 0.1) is 0 Å². The predicted molar refractivity (Wildman–Crippen MR) is 70.1 cm³/mol. The summed E-state index contributed by atoms with van der Waals surface area (Å²) in [6, 6.07) is 7.85. The van der Waals surface area contributed by atoms with Crippen LogP contribution in [0.2, 0.25) is 5.02 Å². The smallest absolute Gasteiger partial charge is 0.180 e. The number of nitrogens with two attached hydrogens (primary N) is 1. The Morgan fingerprint density at radius 3 is 2.38 bits per heavy atom. The van der Waals surface area contributed by atoms with Crippen LogP contribution in [-0.2, 0) is 5.41 Å². The van der Waals surface area contributed by atoms with E-state index in [1.54, 1.807) is 0 Å². The number of nitrogens with zero attached hydrogens (tertiary/aromatic N) is 1. The van der Waals surface area contributed by atoms with Gasteiger partial charge in [-0.25, -0.2) is 4.98 Å². The van der Waals surface area contributed by atoms with Crippen LogP contribution in [0.25, 0.3) is 0 Å². The zero-order chi connectivity index (χ0) is 11.8. The number of rotatable bonds is 2. The van der Waals surface area contributed by atoms with Gasteiger partial charge in [0.15, 0.2) is 5.13 Å². The number of anilines is 1. The molecule has 2 rings (SSSR count). The van der Waals surface area contributed by atoms with Crippen molar-refractivity contribution in [2.45, 2.75) is 19.3 Å². The molecule has 0 aliphatic carbocycles. The first kappa shape index (κ1) is 11.4. The van der Waals surface area contributed by atoms with E-state index >= 15 is 0 Å². The highest BCUT2D eigenvalue weighted by atomic mass is 35.5. The zero-order valence-corrected chi connectivity index (χ0v) is 10.8. The average molecular weight is 253 g/mol. The van der Waals surface area contributed by atoms with E-state index in [2.05, 4.69) is 18.8 Å². The Hall–Kier alpha value is -1.06. The molecule has 16 heavy (non-hydrogen) atoms. The van der Waals surface area contributed by atoms with Crippen molar-refractivity contribution in [3.63, 3.8) is 0 Å². The molecule has 0 saturated carbocycles. The normalized spacial score (nSPS) is 11.7. The standard InChI is InChI=1S/C12H13ClN2S/c1-12(2,10-7-16-11(14)15-10)8-3-5-9(13)6-4-8/h3-7H,1-2H3,(H2,14,15). The summed E-state index contributed by atoms with van der Waals surface area (Å²) in [5.41, 5.74) is 7.70. The Kier molecular flexibility index (Phi) is 2.91. The van der Waals surface area contributed by atoms with Crippen LogP contribution < -0.4 is 5.73 Å². The second-order valence-electron chi connectivity index (χ2n) is 4.20. The van der Waals surface area contributed by atoms with Gasteiger partial charge >= 0.3 is 0 Å². The maximum absolute atomic E-state index is 5.88. The number of hydrogen-bond donors (Lipinski definition) is 1. The fraction of sp³-hybridized carbons (Fsp3) is 0.250. The first-order valence-corrected chi connectivity index (χ1v) is 6.23. The summed E-state index contributed by atoms with van der Waals surface area (Å²) in [7, 11) is 0. The second kappa shape index (κ2) is 4.07. The molecule has 2 nitrogen and oxygen atoms in total. The number of aromatic nitrogens is 1.